The molecule has 1 atom stereocenters. The van der Waals surface area contributed by atoms with Gasteiger partial charge in [0.05, 0.1) is 7.11 Å². The monoisotopic (exact) mass is 450 g/mol. The van der Waals surface area contributed by atoms with E-state index in [1.54, 1.807) is 49.6 Å². The normalized spacial score (nSPS) is 11.4. The van der Waals surface area contributed by atoms with E-state index < -0.39 is 17.8 Å². The van der Waals surface area contributed by atoms with Crippen LogP contribution in [0.1, 0.15) is 11.1 Å². The number of hydrogen-bond acceptors (Lipinski definition) is 4. The first-order chi connectivity index (χ1) is 16.0. The Bertz CT molecular complexity index is 1060. The number of amides is 2. The predicted molar refractivity (Wildman–Crippen MR) is 123 cm³/mol. The Morgan fingerprint density at radius 3 is 2.21 bits per heavy atom. The smallest absolute Gasteiger partial charge is 0.261 e. The number of rotatable bonds is 10. The van der Waals surface area contributed by atoms with Gasteiger partial charge in [0.1, 0.15) is 23.4 Å². The third-order valence-corrected chi connectivity index (χ3v) is 5.24. The first-order valence-electron chi connectivity index (χ1n) is 10.6. The molecule has 0 bridgehead atoms. The molecule has 0 radical (unpaired) electrons. The van der Waals surface area contributed by atoms with Crippen LogP contribution in [0.5, 0.6) is 11.5 Å². The van der Waals surface area contributed by atoms with Gasteiger partial charge in [0, 0.05) is 25.6 Å². The number of nitrogens with one attached hydrogen (secondary N) is 1. The van der Waals surface area contributed by atoms with Crippen molar-refractivity contribution in [1.29, 1.82) is 0 Å². The summed E-state index contributed by atoms with van der Waals surface area (Å²) >= 11 is 0. The van der Waals surface area contributed by atoms with Gasteiger partial charge in [-0.05, 0) is 35.9 Å². The summed E-state index contributed by atoms with van der Waals surface area (Å²) in [6.45, 7) is -0.370. The van der Waals surface area contributed by atoms with Gasteiger partial charge in [-0.2, -0.15) is 0 Å². The number of benzene rings is 3. The maximum atomic E-state index is 14.4. The molecule has 0 unspecified atom stereocenters. The molecular formula is C26H27FN2O4. The van der Waals surface area contributed by atoms with E-state index in [9.17, 15) is 14.0 Å². The van der Waals surface area contributed by atoms with Gasteiger partial charge in [0.15, 0.2) is 6.61 Å². The Balaban J connectivity index is 1.86. The van der Waals surface area contributed by atoms with Gasteiger partial charge in [-0.15, -0.1) is 0 Å². The average molecular weight is 451 g/mol. The highest BCUT2D eigenvalue weighted by Crippen LogP contribution is 2.19. The van der Waals surface area contributed by atoms with E-state index in [1.807, 2.05) is 30.3 Å². The number of halogens is 1. The summed E-state index contributed by atoms with van der Waals surface area (Å²) in [7, 11) is 3.07. The molecule has 3 aromatic rings. The summed E-state index contributed by atoms with van der Waals surface area (Å²) < 4.78 is 25.2. The highest BCUT2D eigenvalue weighted by molar-refractivity contribution is 5.88. The lowest BCUT2D eigenvalue weighted by atomic mass is 10.0. The van der Waals surface area contributed by atoms with Crippen LogP contribution >= 0.6 is 0 Å². The van der Waals surface area contributed by atoms with Crippen LogP contribution in [0, 0.1) is 5.82 Å². The molecule has 0 spiro atoms. The molecule has 2 amide bonds. The zero-order chi connectivity index (χ0) is 23.6. The third-order valence-electron chi connectivity index (χ3n) is 5.24. The fraction of sp³-hybridized carbons (Fsp3) is 0.231. The van der Waals surface area contributed by atoms with Crippen molar-refractivity contribution < 1.29 is 23.5 Å². The SMILES string of the molecule is CNC(=O)[C@@H](Cc1ccccc1)N(Cc1ccccc1F)C(=O)COc1ccc(OC)cc1. The van der Waals surface area contributed by atoms with Gasteiger partial charge >= 0.3 is 0 Å². The summed E-state index contributed by atoms with van der Waals surface area (Å²) in [6, 6.07) is 21.6. The molecule has 0 saturated carbocycles. The quantitative estimate of drug-likeness (QED) is 0.513. The number of nitrogens with zero attached hydrogens (tertiary/aromatic N) is 1. The minimum Gasteiger partial charge on any atom is -0.497 e. The van der Waals surface area contributed by atoms with Gasteiger partial charge < -0.3 is 19.7 Å². The highest BCUT2D eigenvalue weighted by atomic mass is 19.1. The van der Waals surface area contributed by atoms with E-state index in [-0.39, 0.29) is 25.5 Å². The molecule has 3 aromatic carbocycles. The van der Waals surface area contributed by atoms with Crippen molar-refractivity contribution in [2.75, 3.05) is 20.8 Å². The molecule has 0 aromatic heterocycles. The van der Waals surface area contributed by atoms with Gasteiger partial charge in [-0.1, -0.05) is 48.5 Å². The Kier molecular flexibility index (Phi) is 8.41. The number of carbonyl (C=O) groups is 2. The van der Waals surface area contributed by atoms with Crippen LogP contribution in [-0.4, -0.2) is 43.5 Å². The van der Waals surface area contributed by atoms with Gasteiger partial charge in [0.2, 0.25) is 5.91 Å². The number of likely N-dealkylation sites (N-methyl/N-ethyl adjacent to an activating group) is 1. The number of methoxy groups -OCH3 is 1. The largest absolute Gasteiger partial charge is 0.497 e. The molecule has 6 nitrogen and oxygen atoms in total. The van der Waals surface area contributed by atoms with E-state index in [1.165, 1.54) is 18.0 Å². The van der Waals surface area contributed by atoms with Crippen LogP contribution in [0.4, 0.5) is 4.39 Å². The third kappa shape index (κ3) is 6.55. The Morgan fingerprint density at radius 2 is 1.58 bits per heavy atom. The van der Waals surface area contributed by atoms with Crippen LogP contribution in [0.25, 0.3) is 0 Å². The fourth-order valence-electron chi connectivity index (χ4n) is 3.43. The lowest BCUT2D eigenvalue weighted by molar-refractivity contribution is -0.142. The lowest BCUT2D eigenvalue weighted by Gasteiger charge is -2.31. The molecule has 3 rings (SSSR count). The van der Waals surface area contributed by atoms with Crippen molar-refractivity contribution in [1.82, 2.24) is 10.2 Å². The molecule has 33 heavy (non-hydrogen) atoms. The van der Waals surface area contributed by atoms with E-state index >= 15 is 0 Å². The Labute approximate surface area is 192 Å². The van der Waals surface area contributed by atoms with Gasteiger partial charge in [0.25, 0.3) is 5.91 Å². The van der Waals surface area contributed by atoms with E-state index in [4.69, 9.17) is 9.47 Å². The first-order valence-corrected chi connectivity index (χ1v) is 10.6. The molecule has 7 heteroatoms. The molecule has 0 aliphatic heterocycles. The second-order valence-corrected chi connectivity index (χ2v) is 7.40. The maximum absolute atomic E-state index is 14.4. The Hall–Kier alpha value is -3.87. The van der Waals surface area contributed by atoms with Crippen molar-refractivity contribution in [2.45, 2.75) is 19.0 Å². The standard InChI is InChI=1S/C26H27FN2O4/c1-28-26(31)24(16-19-8-4-3-5-9-19)29(17-20-10-6-7-11-23(20)27)25(30)18-33-22-14-12-21(32-2)13-15-22/h3-15,24H,16-18H2,1-2H3,(H,28,31)/t24-/m1/s1. The van der Waals surface area contributed by atoms with Crippen LogP contribution < -0.4 is 14.8 Å². The molecule has 172 valence electrons. The van der Waals surface area contributed by atoms with Crippen LogP contribution in [0.15, 0.2) is 78.9 Å². The second-order valence-electron chi connectivity index (χ2n) is 7.40. The molecule has 0 fully saturated rings. The van der Waals surface area contributed by atoms with Crippen LogP contribution in [-0.2, 0) is 22.6 Å². The lowest BCUT2D eigenvalue weighted by Crippen LogP contribution is -2.51. The van der Waals surface area contributed by atoms with Crippen molar-refractivity contribution >= 4 is 11.8 Å². The first kappa shape index (κ1) is 23.8. The zero-order valence-corrected chi connectivity index (χ0v) is 18.7. The zero-order valence-electron chi connectivity index (χ0n) is 18.7. The summed E-state index contributed by atoms with van der Waals surface area (Å²) in [6.07, 6.45) is 0.281. The van der Waals surface area contributed by atoms with Crippen molar-refractivity contribution in [3.8, 4) is 11.5 Å². The number of carbonyl (C=O) groups excluding carboxylic acids is 2. The molecule has 0 saturated heterocycles. The number of hydrogen-bond donors (Lipinski definition) is 1. The average Bonchev–Trinajstić information content (AvgIpc) is 2.86. The summed E-state index contributed by atoms with van der Waals surface area (Å²) in [5.74, 6) is -0.0692. The van der Waals surface area contributed by atoms with E-state index in [0.717, 1.165) is 5.56 Å². The molecule has 1 N–H and O–H groups in total. The van der Waals surface area contributed by atoms with Crippen LogP contribution in [0.2, 0.25) is 0 Å². The van der Waals surface area contributed by atoms with Crippen LogP contribution in [0.3, 0.4) is 0 Å². The van der Waals surface area contributed by atoms with Gasteiger partial charge in [-0.3, -0.25) is 9.59 Å². The van der Waals surface area contributed by atoms with E-state index in [0.29, 0.717) is 17.1 Å². The van der Waals surface area contributed by atoms with Crippen molar-refractivity contribution in [3.05, 3.63) is 95.8 Å². The Morgan fingerprint density at radius 1 is 0.939 bits per heavy atom. The fourth-order valence-corrected chi connectivity index (χ4v) is 3.43. The van der Waals surface area contributed by atoms with Gasteiger partial charge in [-0.25, -0.2) is 4.39 Å². The molecule has 0 aliphatic carbocycles. The minimum absolute atomic E-state index is 0.0671. The number of ether oxygens (including phenoxy) is 2. The highest BCUT2D eigenvalue weighted by Gasteiger charge is 2.30. The minimum atomic E-state index is -0.844. The second kappa shape index (κ2) is 11.7. The predicted octanol–water partition coefficient (Wildman–Crippen LogP) is 3.60. The van der Waals surface area contributed by atoms with Crippen molar-refractivity contribution in [2.24, 2.45) is 0 Å². The van der Waals surface area contributed by atoms with E-state index in [2.05, 4.69) is 5.32 Å². The molecular weight excluding hydrogens is 423 g/mol. The van der Waals surface area contributed by atoms with Crippen molar-refractivity contribution in [3.63, 3.8) is 0 Å². The molecule has 0 aliphatic rings. The molecule has 0 heterocycles. The summed E-state index contributed by atoms with van der Waals surface area (Å²) in [4.78, 5) is 27.5. The maximum Gasteiger partial charge on any atom is 0.261 e. The summed E-state index contributed by atoms with van der Waals surface area (Å²) in [5, 5.41) is 2.63. The summed E-state index contributed by atoms with van der Waals surface area (Å²) in [5.41, 5.74) is 1.20. The topological polar surface area (TPSA) is 67.9 Å².